The summed E-state index contributed by atoms with van der Waals surface area (Å²) in [7, 11) is 0. The molecule has 1 aliphatic heterocycles. The van der Waals surface area contributed by atoms with Gasteiger partial charge in [-0.05, 0) is 59.3 Å². The molecule has 3 heteroatoms. The summed E-state index contributed by atoms with van der Waals surface area (Å²) in [5, 5.41) is 0. The third-order valence-electron chi connectivity index (χ3n) is 4.53. The summed E-state index contributed by atoms with van der Waals surface area (Å²) in [5.74, 6) is 0.748. The van der Waals surface area contributed by atoms with Gasteiger partial charge in [0.25, 0.3) is 0 Å². The molecule has 1 aromatic rings. The summed E-state index contributed by atoms with van der Waals surface area (Å²) in [4.78, 5) is 2.56. The molecule has 2 fully saturated rings. The van der Waals surface area contributed by atoms with E-state index in [0.717, 1.165) is 24.1 Å². The Bertz CT molecular complexity index is 435. The highest BCUT2D eigenvalue weighted by Gasteiger charge is 2.35. The van der Waals surface area contributed by atoms with Gasteiger partial charge in [0.2, 0.25) is 0 Å². The number of hydrogen-bond donors (Lipinski definition) is 0. The first-order valence-electron chi connectivity index (χ1n) is 6.92. The Hall–Kier alpha value is -0.410. The number of benzene rings is 1. The van der Waals surface area contributed by atoms with Crippen LogP contribution in [0.4, 0.5) is 4.39 Å². The fraction of sp³-hybridized carbons (Fsp3) is 0.600. The average molecular weight is 312 g/mol. The minimum absolute atomic E-state index is 0.146. The van der Waals surface area contributed by atoms with Crippen LogP contribution >= 0.6 is 15.9 Å². The first-order chi connectivity index (χ1) is 8.75. The number of fused-ring (bicyclic) bond motifs is 1. The van der Waals surface area contributed by atoms with Crippen LogP contribution in [-0.2, 0) is 6.54 Å². The Morgan fingerprint density at radius 2 is 2.06 bits per heavy atom. The predicted molar refractivity (Wildman–Crippen MR) is 74.9 cm³/mol. The van der Waals surface area contributed by atoms with Crippen molar-refractivity contribution in [2.75, 3.05) is 6.54 Å². The number of hydrogen-bond acceptors (Lipinski definition) is 1. The van der Waals surface area contributed by atoms with Crippen LogP contribution in [0.25, 0.3) is 0 Å². The Labute approximate surface area is 116 Å². The van der Waals surface area contributed by atoms with Crippen LogP contribution in [0, 0.1) is 11.7 Å². The van der Waals surface area contributed by atoms with Crippen LogP contribution in [0.1, 0.15) is 37.7 Å². The van der Waals surface area contributed by atoms with Crippen molar-refractivity contribution >= 4 is 15.9 Å². The molecule has 18 heavy (non-hydrogen) atoms. The molecule has 1 aliphatic carbocycles. The van der Waals surface area contributed by atoms with Crippen LogP contribution in [-0.4, -0.2) is 17.5 Å². The molecule has 1 saturated heterocycles. The summed E-state index contributed by atoms with van der Waals surface area (Å²) in [5.41, 5.74) is 1.08. The lowest BCUT2D eigenvalue weighted by Crippen LogP contribution is -2.34. The lowest BCUT2D eigenvalue weighted by Gasteiger charge is -2.32. The van der Waals surface area contributed by atoms with Crippen LogP contribution in [0.3, 0.4) is 0 Å². The van der Waals surface area contributed by atoms with E-state index in [2.05, 4.69) is 20.8 Å². The van der Waals surface area contributed by atoms with Gasteiger partial charge in [0.05, 0.1) is 4.47 Å². The minimum Gasteiger partial charge on any atom is -0.296 e. The Morgan fingerprint density at radius 3 is 2.94 bits per heavy atom. The van der Waals surface area contributed by atoms with Crippen LogP contribution in [0.15, 0.2) is 22.7 Å². The summed E-state index contributed by atoms with van der Waals surface area (Å²) < 4.78 is 14.2. The lowest BCUT2D eigenvalue weighted by atomic mass is 9.85. The van der Waals surface area contributed by atoms with Gasteiger partial charge in [0.15, 0.2) is 0 Å². The first-order valence-corrected chi connectivity index (χ1v) is 7.72. The lowest BCUT2D eigenvalue weighted by molar-refractivity contribution is 0.175. The molecule has 0 amide bonds. The maximum absolute atomic E-state index is 13.5. The molecule has 98 valence electrons. The van der Waals surface area contributed by atoms with Crippen molar-refractivity contribution in [2.24, 2.45) is 5.92 Å². The van der Waals surface area contributed by atoms with Crippen molar-refractivity contribution in [3.05, 3.63) is 34.1 Å². The summed E-state index contributed by atoms with van der Waals surface area (Å²) in [6, 6.07) is 6.10. The zero-order valence-electron chi connectivity index (χ0n) is 10.5. The second-order valence-corrected chi connectivity index (χ2v) is 6.38. The van der Waals surface area contributed by atoms with Crippen molar-refractivity contribution in [1.29, 1.82) is 0 Å². The highest BCUT2D eigenvalue weighted by Crippen LogP contribution is 2.37. The normalized spacial score (nSPS) is 28.3. The van der Waals surface area contributed by atoms with Gasteiger partial charge in [-0.15, -0.1) is 0 Å². The summed E-state index contributed by atoms with van der Waals surface area (Å²) in [6.07, 6.45) is 6.82. The Kier molecular flexibility index (Phi) is 3.71. The highest BCUT2D eigenvalue weighted by molar-refractivity contribution is 9.10. The molecule has 2 atom stereocenters. The van der Waals surface area contributed by atoms with E-state index in [9.17, 15) is 4.39 Å². The molecule has 0 aromatic heterocycles. The quantitative estimate of drug-likeness (QED) is 0.784. The third-order valence-corrected chi connectivity index (χ3v) is 5.42. The molecule has 0 radical (unpaired) electrons. The van der Waals surface area contributed by atoms with Crippen molar-refractivity contribution in [2.45, 2.75) is 44.7 Å². The van der Waals surface area contributed by atoms with Crippen molar-refractivity contribution in [1.82, 2.24) is 4.90 Å². The molecule has 3 rings (SSSR count). The van der Waals surface area contributed by atoms with Crippen molar-refractivity contribution in [3.63, 3.8) is 0 Å². The van der Waals surface area contributed by atoms with Crippen LogP contribution in [0.5, 0.6) is 0 Å². The number of halogens is 2. The minimum atomic E-state index is -0.146. The van der Waals surface area contributed by atoms with Crippen LogP contribution in [0.2, 0.25) is 0 Å². The zero-order chi connectivity index (χ0) is 12.5. The SMILES string of the molecule is Fc1cccc(CN2CCC3CCCCC32)c1Br. The van der Waals surface area contributed by atoms with E-state index in [1.54, 1.807) is 0 Å². The number of nitrogens with zero attached hydrogens (tertiary/aromatic N) is 1. The van der Waals surface area contributed by atoms with Gasteiger partial charge in [-0.3, -0.25) is 4.90 Å². The van der Waals surface area contributed by atoms with Crippen LogP contribution < -0.4 is 0 Å². The van der Waals surface area contributed by atoms with Gasteiger partial charge in [-0.1, -0.05) is 25.0 Å². The zero-order valence-corrected chi connectivity index (χ0v) is 12.1. The van der Waals surface area contributed by atoms with E-state index >= 15 is 0 Å². The topological polar surface area (TPSA) is 3.24 Å². The van der Waals surface area contributed by atoms with E-state index < -0.39 is 0 Å². The second kappa shape index (κ2) is 5.30. The molecule has 1 heterocycles. The van der Waals surface area contributed by atoms with E-state index in [4.69, 9.17) is 0 Å². The molecular formula is C15H19BrFN. The molecule has 2 unspecified atom stereocenters. The monoisotopic (exact) mass is 311 g/mol. The second-order valence-electron chi connectivity index (χ2n) is 5.58. The van der Waals surface area contributed by atoms with E-state index in [1.165, 1.54) is 44.7 Å². The van der Waals surface area contributed by atoms with E-state index in [1.807, 2.05) is 12.1 Å². The van der Waals surface area contributed by atoms with Crippen molar-refractivity contribution in [3.8, 4) is 0 Å². The van der Waals surface area contributed by atoms with Gasteiger partial charge in [-0.2, -0.15) is 0 Å². The highest BCUT2D eigenvalue weighted by atomic mass is 79.9. The van der Waals surface area contributed by atoms with Gasteiger partial charge in [0, 0.05) is 12.6 Å². The fourth-order valence-corrected chi connectivity index (χ4v) is 3.98. The first kappa shape index (κ1) is 12.6. The largest absolute Gasteiger partial charge is 0.296 e. The summed E-state index contributed by atoms with van der Waals surface area (Å²) in [6.45, 7) is 2.07. The third kappa shape index (κ3) is 2.35. The molecule has 1 nitrogen and oxygen atoms in total. The fourth-order valence-electron chi connectivity index (χ4n) is 3.59. The molecular weight excluding hydrogens is 293 g/mol. The van der Waals surface area contributed by atoms with Crippen molar-refractivity contribution < 1.29 is 4.39 Å². The molecule has 1 saturated carbocycles. The molecule has 0 bridgehead atoms. The maximum atomic E-state index is 13.5. The number of rotatable bonds is 2. The van der Waals surface area contributed by atoms with Gasteiger partial charge in [-0.25, -0.2) is 4.39 Å². The average Bonchev–Trinajstić information content (AvgIpc) is 2.79. The molecule has 0 N–H and O–H groups in total. The Balaban J connectivity index is 1.74. The van der Waals surface area contributed by atoms with E-state index in [0.29, 0.717) is 4.47 Å². The number of likely N-dealkylation sites (tertiary alicyclic amines) is 1. The van der Waals surface area contributed by atoms with Gasteiger partial charge in [0.1, 0.15) is 5.82 Å². The standard InChI is InChI=1S/C15H19BrFN/c16-15-12(5-3-6-13(15)17)10-18-9-8-11-4-1-2-7-14(11)18/h3,5-6,11,14H,1-2,4,7-10H2. The maximum Gasteiger partial charge on any atom is 0.137 e. The summed E-state index contributed by atoms with van der Waals surface area (Å²) >= 11 is 3.37. The molecule has 1 aromatic carbocycles. The Morgan fingerprint density at radius 1 is 1.22 bits per heavy atom. The molecule has 0 spiro atoms. The predicted octanol–water partition coefficient (Wildman–Crippen LogP) is 4.35. The molecule has 2 aliphatic rings. The van der Waals surface area contributed by atoms with E-state index in [-0.39, 0.29) is 5.82 Å². The smallest absolute Gasteiger partial charge is 0.137 e. The van der Waals surface area contributed by atoms with Gasteiger partial charge >= 0.3 is 0 Å². The van der Waals surface area contributed by atoms with Gasteiger partial charge < -0.3 is 0 Å².